The smallest absolute Gasteiger partial charge is 0.261 e. The van der Waals surface area contributed by atoms with Crippen molar-refractivity contribution in [3.63, 3.8) is 0 Å². The summed E-state index contributed by atoms with van der Waals surface area (Å²) in [5, 5.41) is 3.13. The third-order valence-corrected chi connectivity index (χ3v) is 4.69. The summed E-state index contributed by atoms with van der Waals surface area (Å²) >= 11 is 0. The number of nitrogens with one attached hydrogen (secondary N) is 1. The van der Waals surface area contributed by atoms with Crippen LogP contribution in [0.3, 0.4) is 0 Å². The topological polar surface area (TPSA) is 38.3 Å². The third-order valence-electron chi connectivity index (χ3n) is 4.69. The number of carbonyl (C=O) groups excluding carboxylic acids is 1. The Bertz CT molecular complexity index is 752. The lowest BCUT2D eigenvalue weighted by Crippen LogP contribution is -2.38. The summed E-state index contributed by atoms with van der Waals surface area (Å²) in [7, 11) is 0. The molecule has 2 rings (SSSR count). The highest BCUT2D eigenvalue weighted by molar-refractivity contribution is 5.81. The van der Waals surface area contributed by atoms with Gasteiger partial charge in [-0.25, -0.2) is 0 Å². The second-order valence-corrected chi connectivity index (χ2v) is 6.84. The van der Waals surface area contributed by atoms with Gasteiger partial charge in [-0.05, 0) is 75.4 Å². The molecule has 0 fully saturated rings. The molecule has 0 aliphatic heterocycles. The van der Waals surface area contributed by atoms with Gasteiger partial charge in [0, 0.05) is 0 Å². The molecule has 0 radical (unpaired) electrons. The van der Waals surface area contributed by atoms with Crippen molar-refractivity contribution >= 4 is 5.91 Å². The Balaban J connectivity index is 2.06. The maximum atomic E-state index is 12.6. The molecule has 134 valence electrons. The molecular weight excluding hydrogens is 310 g/mol. The Labute approximate surface area is 151 Å². The van der Waals surface area contributed by atoms with Crippen molar-refractivity contribution in [1.29, 1.82) is 0 Å². The number of rotatable bonds is 6. The van der Waals surface area contributed by atoms with Crippen LogP contribution in [0.1, 0.15) is 54.1 Å². The summed E-state index contributed by atoms with van der Waals surface area (Å²) in [4.78, 5) is 12.6. The zero-order chi connectivity index (χ0) is 18.6. The van der Waals surface area contributed by atoms with E-state index in [0.29, 0.717) is 0 Å². The summed E-state index contributed by atoms with van der Waals surface area (Å²) in [6, 6.07) is 12.2. The third kappa shape index (κ3) is 4.85. The monoisotopic (exact) mass is 339 g/mol. The molecule has 2 aromatic carbocycles. The van der Waals surface area contributed by atoms with Crippen LogP contribution in [0.5, 0.6) is 5.75 Å². The molecule has 25 heavy (non-hydrogen) atoms. The van der Waals surface area contributed by atoms with Crippen molar-refractivity contribution in [2.75, 3.05) is 0 Å². The van der Waals surface area contributed by atoms with Crippen LogP contribution < -0.4 is 10.1 Å². The minimum atomic E-state index is -0.540. The standard InChI is InChI=1S/C22H29NO2/c1-7-21(20-11-8-14(2)12-17(20)5)23-22(24)18(6)25-19-10-9-15(3)16(4)13-19/h8-13,18,21H,7H2,1-6H3,(H,23,24)/t18-,21+/m1/s1. The van der Waals surface area contributed by atoms with E-state index in [0.717, 1.165) is 17.7 Å². The lowest BCUT2D eigenvalue weighted by molar-refractivity contribution is -0.128. The summed E-state index contributed by atoms with van der Waals surface area (Å²) in [6.45, 7) is 12.1. The molecule has 3 nitrogen and oxygen atoms in total. The molecule has 1 N–H and O–H groups in total. The molecule has 0 spiro atoms. The van der Waals surface area contributed by atoms with Crippen molar-refractivity contribution < 1.29 is 9.53 Å². The van der Waals surface area contributed by atoms with E-state index in [1.807, 2.05) is 25.1 Å². The molecular formula is C22H29NO2. The van der Waals surface area contributed by atoms with Gasteiger partial charge in [0.2, 0.25) is 0 Å². The average molecular weight is 339 g/mol. The summed E-state index contributed by atoms with van der Waals surface area (Å²) in [5.74, 6) is 0.635. The highest BCUT2D eigenvalue weighted by atomic mass is 16.5. The first kappa shape index (κ1) is 19.0. The number of hydrogen-bond acceptors (Lipinski definition) is 2. The predicted molar refractivity (Wildman–Crippen MR) is 103 cm³/mol. The molecule has 0 unspecified atom stereocenters. The first-order valence-electron chi connectivity index (χ1n) is 8.93. The van der Waals surface area contributed by atoms with Crippen LogP contribution in [0.15, 0.2) is 36.4 Å². The summed E-state index contributed by atoms with van der Waals surface area (Å²) in [5.41, 5.74) is 5.97. The Morgan fingerprint density at radius 2 is 1.72 bits per heavy atom. The van der Waals surface area contributed by atoms with E-state index in [1.54, 1.807) is 6.92 Å². The molecule has 0 bridgehead atoms. The number of benzene rings is 2. The van der Waals surface area contributed by atoms with Gasteiger partial charge in [-0.2, -0.15) is 0 Å². The number of aryl methyl sites for hydroxylation is 4. The Morgan fingerprint density at radius 3 is 2.32 bits per heavy atom. The lowest BCUT2D eigenvalue weighted by atomic mass is 9.97. The number of ether oxygens (including phenoxy) is 1. The molecule has 0 heterocycles. The lowest BCUT2D eigenvalue weighted by Gasteiger charge is -2.23. The predicted octanol–water partition coefficient (Wildman–Crippen LogP) is 4.96. The van der Waals surface area contributed by atoms with Crippen molar-refractivity contribution in [2.24, 2.45) is 0 Å². The van der Waals surface area contributed by atoms with Crippen LogP contribution in [0.2, 0.25) is 0 Å². The van der Waals surface area contributed by atoms with Gasteiger partial charge in [-0.15, -0.1) is 0 Å². The Morgan fingerprint density at radius 1 is 1.00 bits per heavy atom. The van der Waals surface area contributed by atoms with E-state index in [2.05, 4.69) is 51.2 Å². The van der Waals surface area contributed by atoms with E-state index in [9.17, 15) is 4.79 Å². The minimum absolute atomic E-state index is 0.00101. The largest absolute Gasteiger partial charge is 0.481 e. The average Bonchev–Trinajstić information content (AvgIpc) is 2.56. The van der Waals surface area contributed by atoms with E-state index in [4.69, 9.17) is 4.74 Å². The first-order chi connectivity index (χ1) is 11.8. The number of hydrogen-bond donors (Lipinski definition) is 1. The first-order valence-corrected chi connectivity index (χ1v) is 8.93. The van der Waals surface area contributed by atoms with Gasteiger partial charge in [0.15, 0.2) is 6.10 Å². The van der Waals surface area contributed by atoms with Crippen LogP contribution in [0.4, 0.5) is 0 Å². The highest BCUT2D eigenvalue weighted by Gasteiger charge is 2.20. The fourth-order valence-corrected chi connectivity index (χ4v) is 2.95. The molecule has 0 saturated heterocycles. The quantitative estimate of drug-likeness (QED) is 0.808. The van der Waals surface area contributed by atoms with Crippen LogP contribution in [0.25, 0.3) is 0 Å². The van der Waals surface area contributed by atoms with E-state index in [1.165, 1.54) is 22.3 Å². The van der Waals surface area contributed by atoms with Gasteiger partial charge < -0.3 is 10.1 Å². The molecule has 0 aliphatic rings. The van der Waals surface area contributed by atoms with Gasteiger partial charge in [0.25, 0.3) is 5.91 Å². The second-order valence-electron chi connectivity index (χ2n) is 6.84. The van der Waals surface area contributed by atoms with Crippen LogP contribution in [-0.4, -0.2) is 12.0 Å². The second kappa shape index (κ2) is 8.19. The summed E-state index contributed by atoms with van der Waals surface area (Å²) < 4.78 is 5.83. The van der Waals surface area contributed by atoms with Crippen LogP contribution >= 0.6 is 0 Å². The molecule has 3 heteroatoms. The van der Waals surface area contributed by atoms with Crippen LogP contribution in [-0.2, 0) is 4.79 Å². The molecule has 2 aromatic rings. The van der Waals surface area contributed by atoms with E-state index < -0.39 is 6.10 Å². The molecule has 0 aromatic heterocycles. The van der Waals surface area contributed by atoms with Crippen molar-refractivity contribution in [2.45, 2.75) is 60.1 Å². The molecule has 2 atom stereocenters. The number of amides is 1. The zero-order valence-electron chi connectivity index (χ0n) is 16.1. The van der Waals surface area contributed by atoms with Crippen molar-refractivity contribution in [3.05, 3.63) is 64.2 Å². The van der Waals surface area contributed by atoms with Crippen molar-refractivity contribution in [3.8, 4) is 5.75 Å². The van der Waals surface area contributed by atoms with E-state index >= 15 is 0 Å². The van der Waals surface area contributed by atoms with Gasteiger partial charge in [0.05, 0.1) is 6.04 Å². The Kier molecular flexibility index (Phi) is 6.24. The minimum Gasteiger partial charge on any atom is -0.481 e. The fourth-order valence-electron chi connectivity index (χ4n) is 2.95. The van der Waals surface area contributed by atoms with Gasteiger partial charge in [0.1, 0.15) is 5.75 Å². The van der Waals surface area contributed by atoms with Gasteiger partial charge in [-0.3, -0.25) is 4.79 Å². The SMILES string of the molecule is CC[C@H](NC(=O)[C@@H](C)Oc1ccc(C)c(C)c1)c1ccc(C)cc1C. The maximum Gasteiger partial charge on any atom is 0.261 e. The highest BCUT2D eigenvalue weighted by Crippen LogP contribution is 2.22. The summed E-state index contributed by atoms with van der Waals surface area (Å²) in [6.07, 6.45) is 0.299. The fraction of sp³-hybridized carbons (Fsp3) is 0.409. The molecule has 0 aliphatic carbocycles. The van der Waals surface area contributed by atoms with Crippen molar-refractivity contribution in [1.82, 2.24) is 5.32 Å². The normalized spacial score (nSPS) is 13.2. The van der Waals surface area contributed by atoms with Crippen LogP contribution in [0, 0.1) is 27.7 Å². The molecule has 0 saturated carbocycles. The maximum absolute atomic E-state index is 12.6. The zero-order valence-corrected chi connectivity index (χ0v) is 16.1. The van der Waals surface area contributed by atoms with E-state index in [-0.39, 0.29) is 11.9 Å². The molecule has 1 amide bonds. The number of carbonyl (C=O) groups is 1. The van der Waals surface area contributed by atoms with Gasteiger partial charge >= 0.3 is 0 Å². The Hall–Kier alpha value is -2.29. The van der Waals surface area contributed by atoms with Gasteiger partial charge in [-0.1, -0.05) is 36.8 Å².